The van der Waals surface area contributed by atoms with Crippen LogP contribution < -0.4 is 14.4 Å². The summed E-state index contributed by atoms with van der Waals surface area (Å²) >= 11 is 0. The first-order chi connectivity index (χ1) is 23.7. The molecule has 4 aliphatic rings. The van der Waals surface area contributed by atoms with Crippen molar-refractivity contribution in [1.82, 2.24) is 19.9 Å². The van der Waals surface area contributed by atoms with Crippen molar-refractivity contribution in [2.45, 2.75) is 76.1 Å². The lowest BCUT2D eigenvalue weighted by atomic mass is 9.64. The molecule has 2 aromatic carbocycles. The Bertz CT molecular complexity index is 1910. The van der Waals surface area contributed by atoms with Gasteiger partial charge in [0.1, 0.15) is 41.4 Å². The number of aliphatic hydroxyl groups excluding tert-OH is 1. The highest BCUT2D eigenvalue weighted by Crippen LogP contribution is 2.49. The topological polar surface area (TPSA) is 93.1 Å². The number of β-amino-alcohol motifs (C(OH)–C–C–N with tert-alkyl or cyclic N) is 1. The van der Waals surface area contributed by atoms with E-state index in [1.54, 1.807) is 24.4 Å². The fraction of sp³-hybridized carbons (Fsp3) is 0.541. The van der Waals surface area contributed by atoms with Crippen molar-refractivity contribution < 1.29 is 32.5 Å². The number of aliphatic hydroxyl groups is 1. The largest absolute Gasteiger partial charge is 0.468 e. The van der Waals surface area contributed by atoms with Gasteiger partial charge in [-0.25, -0.2) is 13.2 Å². The second-order valence-electron chi connectivity index (χ2n) is 14.5. The Morgan fingerprint density at radius 1 is 1.04 bits per heavy atom. The van der Waals surface area contributed by atoms with Crippen LogP contribution in [0.2, 0.25) is 0 Å². The van der Waals surface area contributed by atoms with E-state index in [-0.39, 0.29) is 41.9 Å². The molecule has 3 aliphatic heterocycles. The molecule has 9 nitrogen and oxygen atoms in total. The summed E-state index contributed by atoms with van der Waals surface area (Å²) in [6.45, 7) is 4.21. The number of aryl methyl sites for hydroxylation is 1. The van der Waals surface area contributed by atoms with Crippen molar-refractivity contribution in [3.8, 4) is 23.0 Å². The molecule has 3 saturated heterocycles. The fourth-order valence-electron chi connectivity index (χ4n) is 8.95. The number of alkyl halides is 1. The molecule has 3 atom stereocenters. The van der Waals surface area contributed by atoms with Crippen LogP contribution in [-0.4, -0.2) is 89.5 Å². The van der Waals surface area contributed by atoms with Gasteiger partial charge in [-0.1, -0.05) is 19.4 Å². The molecule has 12 heteroatoms. The number of nitrogens with zero attached hydrogens (tertiary/aromatic N) is 5. The Hall–Kier alpha value is -3.74. The molecule has 1 spiro atoms. The number of pyridine rings is 1. The zero-order valence-electron chi connectivity index (χ0n) is 28.0. The highest BCUT2D eigenvalue weighted by atomic mass is 19.1. The number of fused-ring (bicyclic) bond motifs is 3. The summed E-state index contributed by atoms with van der Waals surface area (Å²) in [5.74, 6) is -0.229. The lowest BCUT2D eigenvalue weighted by molar-refractivity contribution is 0.0238. The second kappa shape index (κ2) is 12.5. The number of anilines is 1. The second-order valence-corrected chi connectivity index (χ2v) is 14.5. The average Bonchev–Trinajstić information content (AvgIpc) is 3.61. The summed E-state index contributed by atoms with van der Waals surface area (Å²) in [7, 11) is 1.51. The Kier molecular flexibility index (Phi) is 8.31. The highest BCUT2D eigenvalue weighted by molar-refractivity contribution is 6.01. The van der Waals surface area contributed by atoms with Crippen LogP contribution in [0.5, 0.6) is 11.8 Å². The lowest BCUT2D eigenvalue weighted by Crippen LogP contribution is -2.53. The predicted molar refractivity (Wildman–Crippen MR) is 180 cm³/mol. The van der Waals surface area contributed by atoms with Gasteiger partial charge in [0.15, 0.2) is 12.6 Å². The number of hydrogen-bond acceptors (Lipinski definition) is 9. The Morgan fingerprint density at radius 3 is 2.67 bits per heavy atom. The summed E-state index contributed by atoms with van der Waals surface area (Å²) in [6.07, 6.45) is 6.45. The molecule has 4 fully saturated rings. The minimum atomic E-state index is -0.923. The maximum atomic E-state index is 17.1. The van der Waals surface area contributed by atoms with Crippen molar-refractivity contribution in [1.29, 1.82) is 0 Å². The van der Waals surface area contributed by atoms with Crippen molar-refractivity contribution in [2.75, 3.05) is 51.6 Å². The van der Waals surface area contributed by atoms with Crippen LogP contribution in [0.3, 0.4) is 0 Å². The zero-order chi connectivity index (χ0) is 33.9. The first-order valence-electron chi connectivity index (χ1n) is 17.4. The summed E-state index contributed by atoms with van der Waals surface area (Å²) in [6, 6.07) is 6.47. The molecular formula is C37H42F3N5O4. The van der Waals surface area contributed by atoms with Gasteiger partial charge in [0.25, 0.3) is 0 Å². The number of benzene rings is 2. The zero-order valence-corrected chi connectivity index (χ0v) is 28.0. The third-order valence-corrected chi connectivity index (χ3v) is 11.3. The number of ether oxygens (including phenoxy) is 3. The first kappa shape index (κ1) is 32.5. The van der Waals surface area contributed by atoms with Crippen LogP contribution in [0.25, 0.3) is 32.9 Å². The van der Waals surface area contributed by atoms with Crippen molar-refractivity contribution in [3.05, 3.63) is 47.7 Å². The number of halogens is 3. The molecule has 260 valence electrons. The van der Waals surface area contributed by atoms with Gasteiger partial charge in [0.2, 0.25) is 0 Å². The quantitative estimate of drug-likeness (QED) is 0.203. The number of methoxy groups -OCH3 is 1. The van der Waals surface area contributed by atoms with Crippen LogP contribution in [0.15, 0.2) is 30.5 Å². The predicted octanol–water partition coefficient (Wildman–Crippen LogP) is 6.36. The number of aromatic nitrogens is 3. The van der Waals surface area contributed by atoms with Gasteiger partial charge in [-0.2, -0.15) is 9.97 Å². The molecule has 5 heterocycles. The van der Waals surface area contributed by atoms with Gasteiger partial charge < -0.3 is 24.2 Å². The smallest absolute Gasteiger partial charge is 0.319 e. The van der Waals surface area contributed by atoms with E-state index in [1.165, 1.54) is 13.2 Å². The monoisotopic (exact) mass is 677 g/mol. The summed E-state index contributed by atoms with van der Waals surface area (Å²) < 4.78 is 64.1. The molecule has 8 rings (SSSR count). The van der Waals surface area contributed by atoms with Gasteiger partial charge in [-0.3, -0.25) is 9.88 Å². The molecule has 4 aromatic rings. The van der Waals surface area contributed by atoms with E-state index in [0.717, 1.165) is 45.1 Å². The molecule has 1 saturated carbocycles. The molecule has 1 aliphatic carbocycles. The molecule has 0 amide bonds. The Balaban J connectivity index is 1.28. The molecule has 2 unspecified atom stereocenters. The summed E-state index contributed by atoms with van der Waals surface area (Å²) in [5, 5.41) is 12.6. The first-order valence-corrected chi connectivity index (χ1v) is 17.4. The Morgan fingerprint density at radius 2 is 1.90 bits per heavy atom. The molecule has 1 N–H and O–H groups in total. The third kappa shape index (κ3) is 5.65. The number of piperidine rings is 1. The van der Waals surface area contributed by atoms with Crippen molar-refractivity contribution in [3.63, 3.8) is 0 Å². The van der Waals surface area contributed by atoms with Crippen LogP contribution in [0.1, 0.15) is 57.4 Å². The van der Waals surface area contributed by atoms with Gasteiger partial charge in [0, 0.05) is 44.9 Å². The summed E-state index contributed by atoms with van der Waals surface area (Å²) in [4.78, 5) is 18.3. The molecule has 0 radical (unpaired) electrons. The van der Waals surface area contributed by atoms with Gasteiger partial charge in [0.05, 0.1) is 17.0 Å². The highest BCUT2D eigenvalue weighted by Gasteiger charge is 2.49. The normalized spacial score (nSPS) is 24.9. The standard InChI is InChI=1S/C37H42F3N5O4/c1-3-26-29(39)7-6-22-12-25(49-21-47-2)13-27(30(22)26)32-31(40)33-28(16-41-32)34(44-18-24(46)15-36(19-44)8-4-9-36)43-35(42-33)48-20-37-10-5-11-45(37)17-23(38)14-37/h6-7,12-13,16,23-24,46H,3-5,8-11,14-15,17-21H2,1-2H3/t23-,24?,37?/m1/s1. The minimum absolute atomic E-state index is 0.00728. The maximum Gasteiger partial charge on any atom is 0.319 e. The van der Waals surface area contributed by atoms with Gasteiger partial charge in [-0.15, -0.1) is 0 Å². The van der Waals surface area contributed by atoms with Crippen LogP contribution in [0.4, 0.5) is 19.0 Å². The van der Waals surface area contributed by atoms with Crippen molar-refractivity contribution >= 4 is 27.5 Å². The van der Waals surface area contributed by atoms with Crippen LogP contribution >= 0.6 is 0 Å². The Labute approximate surface area is 283 Å². The molecule has 0 bridgehead atoms. The van der Waals surface area contributed by atoms with E-state index in [9.17, 15) is 9.50 Å². The van der Waals surface area contributed by atoms with E-state index in [1.807, 2.05) is 11.8 Å². The molecule has 49 heavy (non-hydrogen) atoms. The van der Waals surface area contributed by atoms with Gasteiger partial charge in [-0.05, 0) is 85.0 Å². The molecule has 2 aromatic heterocycles. The van der Waals surface area contributed by atoms with E-state index >= 15 is 8.78 Å². The van der Waals surface area contributed by atoms with E-state index in [2.05, 4.69) is 14.9 Å². The van der Waals surface area contributed by atoms with Crippen LogP contribution in [-0.2, 0) is 11.2 Å². The summed E-state index contributed by atoms with van der Waals surface area (Å²) in [5.41, 5.74) is 0.336. The van der Waals surface area contributed by atoms with Crippen molar-refractivity contribution in [2.24, 2.45) is 5.41 Å². The number of hydrogen-bond donors (Lipinski definition) is 1. The number of rotatable bonds is 9. The average molecular weight is 678 g/mol. The minimum Gasteiger partial charge on any atom is -0.468 e. The fourth-order valence-corrected chi connectivity index (χ4v) is 8.95. The third-order valence-electron chi connectivity index (χ3n) is 11.3. The van der Waals surface area contributed by atoms with Crippen LogP contribution in [0, 0.1) is 17.0 Å². The van der Waals surface area contributed by atoms with E-state index in [4.69, 9.17) is 19.2 Å². The van der Waals surface area contributed by atoms with E-state index in [0.29, 0.717) is 71.3 Å². The maximum absolute atomic E-state index is 17.1. The van der Waals surface area contributed by atoms with E-state index < -0.39 is 23.6 Å². The van der Waals surface area contributed by atoms with Gasteiger partial charge >= 0.3 is 6.01 Å². The molecular weight excluding hydrogens is 635 g/mol. The SMILES string of the molecule is CCc1c(F)ccc2cc(OCOC)cc(-c3ncc4c(N5CC(O)CC6(CCC6)C5)nc(OCC56CCCN5C[C@H](F)C6)nc4c3F)c12. The lowest BCUT2D eigenvalue weighted by Gasteiger charge is -2.50.